The van der Waals surface area contributed by atoms with Gasteiger partial charge in [0.25, 0.3) is 0 Å². The third kappa shape index (κ3) is 5.16. The standard InChI is InChI=1S/C13H24N4O2/c1-3-14-10(2)12-16-17-13(19-12)15-7-4-8-18-9-11-5-6-11/h10-11,14H,3-9H2,1-2H3,(H,15,17). The highest BCUT2D eigenvalue weighted by atomic mass is 16.5. The third-order valence-corrected chi connectivity index (χ3v) is 3.11. The van der Waals surface area contributed by atoms with Crippen LogP contribution in [0.2, 0.25) is 0 Å². The van der Waals surface area contributed by atoms with E-state index in [1.165, 1.54) is 12.8 Å². The minimum Gasteiger partial charge on any atom is -0.406 e. The Bertz CT molecular complexity index is 365. The first-order valence-electron chi connectivity index (χ1n) is 7.18. The summed E-state index contributed by atoms with van der Waals surface area (Å²) in [4.78, 5) is 0. The van der Waals surface area contributed by atoms with Gasteiger partial charge in [-0.15, -0.1) is 5.10 Å². The molecule has 0 radical (unpaired) electrons. The Hall–Kier alpha value is -1.14. The van der Waals surface area contributed by atoms with E-state index in [1.807, 2.05) is 13.8 Å². The molecule has 0 bridgehead atoms. The van der Waals surface area contributed by atoms with Gasteiger partial charge < -0.3 is 19.8 Å². The van der Waals surface area contributed by atoms with Crippen LogP contribution in [0.15, 0.2) is 4.42 Å². The molecule has 1 aliphatic rings. The first kappa shape index (κ1) is 14.3. The van der Waals surface area contributed by atoms with E-state index in [4.69, 9.17) is 9.15 Å². The maximum Gasteiger partial charge on any atom is 0.315 e. The van der Waals surface area contributed by atoms with Gasteiger partial charge in [-0.05, 0) is 38.6 Å². The van der Waals surface area contributed by atoms with Crippen molar-refractivity contribution in [2.75, 3.05) is 31.6 Å². The summed E-state index contributed by atoms with van der Waals surface area (Å²) in [5.41, 5.74) is 0. The molecule has 0 aliphatic heterocycles. The summed E-state index contributed by atoms with van der Waals surface area (Å²) in [5, 5.41) is 14.3. The molecule has 2 rings (SSSR count). The summed E-state index contributed by atoms with van der Waals surface area (Å²) >= 11 is 0. The summed E-state index contributed by atoms with van der Waals surface area (Å²) < 4.78 is 11.1. The smallest absolute Gasteiger partial charge is 0.315 e. The predicted octanol–water partition coefficient (Wildman–Crippen LogP) is 1.97. The van der Waals surface area contributed by atoms with Crippen LogP contribution in [-0.2, 0) is 4.74 Å². The minimum atomic E-state index is 0.0925. The van der Waals surface area contributed by atoms with E-state index in [0.717, 1.165) is 38.6 Å². The molecule has 0 spiro atoms. The van der Waals surface area contributed by atoms with Gasteiger partial charge in [0.2, 0.25) is 5.89 Å². The van der Waals surface area contributed by atoms with Gasteiger partial charge in [-0.1, -0.05) is 12.0 Å². The Morgan fingerprint density at radius 3 is 3.00 bits per heavy atom. The normalized spacial score (nSPS) is 16.5. The van der Waals surface area contributed by atoms with Crippen molar-refractivity contribution in [1.82, 2.24) is 15.5 Å². The van der Waals surface area contributed by atoms with Crippen molar-refractivity contribution >= 4 is 6.01 Å². The molecule has 0 saturated heterocycles. The van der Waals surface area contributed by atoms with Crippen LogP contribution in [0.25, 0.3) is 0 Å². The van der Waals surface area contributed by atoms with E-state index in [1.54, 1.807) is 0 Å². The molecule has 19 heavy (non-hydrogen) atoms. The van der Waals surface area contributed by atoms with Crippen molar-refractivity contribution in [3.63, 3.8) is 0 Å². The van der Waals surface area contributed by atoms with E-state index in [0.29, 0.717) is 11.9 Å². The highest BCUT2D eigenvalue weighted by molar-refractivity contribution is 5.16. The number of nitrogens with one attached hydrogen (secondary N) is 2. The fourth-order valence-electron chi connectivity index (χ4n) is 1.78. The van der Waals surface area contributed by atoms with Crippen molar-refractivity contribution in [3.8, 4) is 0 Å². The summed E-state index contributed by atoms with van der Waals surface area (Å²) in [6.45, 7) is 7.44. The number of hydrogen-bond donors (Lipinski definition) is 2. The third-order valence-electron chi connectivity index (χ3n) is 3.11. The lowest BCUT2D eigenvalue weighted by molar-refractivity contribution is 0.124. The van der Waals surface area contributed by atoms with Crippen LogP contribution in [0.4, 0.5) is 6.01 Å². The molecule has 0 amide bonds. The summed E-state index contributed by atoms with van der Waals surface area (Å²) in [5.74, 6) is 1.45. The van der Waals surface area contributed by atoms with Gasteiger partial charge in [-0.2, -0.15) is 0 Å². The molecule has 1 unspecified atom stereocenters. The zero-order chi connectivity index (χ0) is 13.5. The quantitative estimate of drug-likeness (QED) is 0.632. The van der Waals surface area contributed by atoms with Crippen LogP contribution in [0.1, 0.15) is 45.0 Å². The average molecular weight is 268 g/mol. The maximum atomic E-state index is 5.55. The van der Waals surface area contributed by atoms with E-state index in [9.17, 15) is 0 Å². The van der Waals surface area contributed by atoms with Crippen LogP contribution >= 0.6 is 0 Å². The first-order valence-corrected chi connectivity index (χ1v) is 7.18. The zero-order valence-electron chi connectivity index (χ0n) is 11.8. The van der Waals surface area contributed by atoms with Crippen molar-refractivity contribution in [1.29, 1.82) is 0 Å². The van der Waals surface area contributed by atoms with Crippen molar-refractivity contribution in [2.24, 2.45) is 5.92 Å². The van der Waals surface area contributed by atoms with Crippen molar-refractivity contribution in [3.05, 3.63) is 5.89 Å². The molecular weight excluding hydrogens is 244 g/mol. The Balaban J connectivity index is 1.57. The number of anilines is 1. The summed E-state index contributed by atoms with van der Waals surface area (Å²) in [6.07, 6.45) is 3.63. The van der Waals surface area contributed by atoms with Crippen molar-refractivity contribution < 1.29 is 9.15 Å². The van der Waals surface area contributed by atoms with Gasteiger partial charge >= 0.3 is 6.01 Å². The fraction of sp³-hybridized carbons (Fsp3) is 0.846. The molecule has 2 N–H and O–H groups in total. The molecule has 1 fully saturated rings. The van der Waals surface area contributed by atoms with Crippen LogP contribution in [0.3, 0.4) is 0 Å². The van der Waals surface area contributed by atoms with Gasteiger partial charge in [-0.25, -0.2) is 0 Å². The zero-order valence-corrected chi connectivity index (χ0v) is 11.8. The molecule has 1 atom stereocenters. The highest BCUT2D eigenvalue weighted by Crippen LogP contribution is 2.28. The van der Waals surface area contributed by atoms with E-state index < -0.39 is 0 Å². The predicted molar refractivity (Wildman–Crippen MR) is 73.0 cm³/mol. The molecule has 6 heteroatoms. The molecular formula is C13H24N4O2. The lowest BCUT2D eigenvalue weighted by Gasteiger charge is -2.06. The first-order chi connectivity index (χ1) is 9.29. The molecule has 1 heterocycles. The summed E-state index contributed by atoms with van der Waals surface area (Å²) in [6, 6.07) is 0.580. The SMILES string of the molecule is CCNC(C)c1nnc(NCCCOCC2CC2)o1. The number of aromatic nitrogens is 2. The minimum absolute atomic E-state index is 0.0925. The average Bonchev–Trinajstić information content (AvgIpc) is 3.10. The Morgan fingerprint density at radius 1 is 1.42 bits per heavy atom. The second kappa shape index (κ2) is 7.45. The number of nitrogens with zero attached hydrogens (tertiary/aromatic N) is 2. The second-order valence-corrected chi connectivity index (χ2v) is 5.02. The van der Waals surface area contributed by atoms with Gasteiger partial charge in [-0.3, -0.25) is 0 Å². The van der Waals surface area contributed by atoms with Gasteiger partial charge in [0.1, 0.15) is 0 Å². The Kier molecular flexibility index (Phi) is 5.60. The monoisotopic (exact) mass is 268 g/mol. The summed E-state index contributed by atoms with van der Waals surface area (Å²) in [7, 11) is 0. The lowest BCUT2D eigenvalue weighted by atomic mass is 10.3. The molecule has 108 valence electrons. The number of rotatable bonds is 10. The number of hydrogen-bond acceptors (Lipinski definition) is 6. The van der Waals surface area contributed by atoms with E-state index >= 15 is 0 Å². The van der Waals surface area contributed by atoms with Crippen LogP contribution < -0.4 is 10.6 Å². The molecule has 1 saturated carbocycles. The second-order valence-electron chi connectivity index (χ2n) is 5.02. The largest absolute Gasteiger partial charge is 0.406 e. The van der Waals surface area contributed by atoms with Crippen LogP contribution in [0.5, 0.6) is 0 Å². The molecule has 1 aromatic heterocycles. The highest BCUT2D eigenvalue weighted by Gasteiger charge is 2.20. The van der Waals surface area contributed by atoms with Crippen LogP contribution in [-0.4, -0.2) is 36.5 Å². The van der Waals surface area contributed by atoms with E-state index in [2.05, 4.69) is 20.8 Å². The Labute approximate surface area is 114 Å². The van der Waals surface area contributed by atoms with Gasteiger partial charge in [0.15, 0.2) is 0 Å². The fourth-order valence-corrected chi connectivity index (χ4v) is 1.78. The van der Waals surface area contributed by atoms with Crippen LogP contribution in [0, 0.1) is 5.92 Å². The lowest BCUT2D eigenvalue weighted by Crippen LogP contribution is -2.17. The van der Waals surface area contributed by atoms with Gasteiger partial charge in [0, 0.05) is 19.8 Å². The topological polar surface area (TPSA) is 72.2 Å². The Morgan fingerprint density at radius 2 is 2.26 bits per heavy atom. The molecule has 1 aliphatic carbocycles. The van der Waals surface area contributed by atoms with E-state index in [-0.39, 0.29) is 6.04 Å². The molecule has 6 nitrogen and oxygen atoms in total. The molecule has 0 aromatic carbocycles. The van der Waals surface area contributed by atoms with Crippen molar-refractivity contribution in [2.45, 2.75) is 39.2 Å². The van der Waals surface area contributed by atoms with Gasteiger partial charge in [0.05, 0.1) is 6.04 Å². The maximum absolute atomic E-state index is 5.55. The molecule has 1 aromatic rings. The number of ether oxygens (including phenoxy) is 1.